The maximum absolute atomic E-state index is 12.2. The predicted octanol–water partition coefficient (Wildman–Crippen LogP) is 5.63. The lowest BCUT2D eigenvalue weighted by atomic mass is 10.1. The van der Waals surface area contributed by atoms with Gasteiger partial charge in [0.15, 0.2) is 0 Å². The zero-order valence-corrected chi connectivity index (χ0v) is 14.0. The van der Waals surface area contributed by atoms with Gasteiger partial charge in [-0.05, 0) is 55.3 Å². The van der Waals surface area contributed by atoms with Crippen molar-refractivity contribution in [3.8, 4) is 0 Å². The first-order valence-corrected chi connectivity index (χ1v) is 7.47. The van der Waals surface area contributed by atoms with Crippen LogP contribution in [0.4, 0.5) is 5.69 Å². The predicted molar refractivity (Wildman–Crippen MR) is 88.0 cm³/mol. The van der Waals surface area contributed by atoms with Crippen LogP contribution >= 0.6 is 39.1 Å². The van der Waals surface area contributed by atoms with Crippen LogP contribution in [0.25, 0.3) is 0 Å². The number of hydrogen-bond donors (Lipinski definition) is 1. The first-order valence-electron chi connectivity index (χ1n) is 5.92. The van der Waals surface area contributed by atoms with Gasteiger partial charge in [0.2, 0.25) is 0 Å². The van der Waals surface area contributed by atoms with Crippen LogP contribution in [0.5, 0.6) is 0 Å². The molecule has 0 aliphatic rings. The molecular formula is C15H12BrCl2NO. The second-order valence-corrected chi connectivity index (χ2v) is 6.12. The van der Waals surface area contributed by atoms with Crippen molar-refractivity contribution in [1.82, 2.24) is 0 Å². The molecule has 1 amide bonds. The average Bonchev–Trinajstić information content (AvgIpc) is 2.39. The van der Waals surface area contributed by atoms with E-state index >= 15 is 0 Å². The van der Waals surface area contributed by atoms with Gasteiger partial charge in [-0.25, -0.2) is 0 Å². The summed E-state index contributed by atoms with van der Waals surface area (Å²) in [7, 11) is 0. The molecule has 0 heterocycles. The quantitative estimate of drug-likeness (QED) is 0.727. The van der Waals surface area contributed by atoms with Crippen LogP contribution in [-0.2, 0) is 0 Å². The van der Waals surface area contributed by atoms with Crippen LogP contribution in [-0.4, -0.2) is 5.91 Å². The molecule has 2 aromatic carbocycles. The molecule has 0 saturated carbocycles. The van der Waals surface area contributed by atoms with Crippen molar-refractivity contribution in [2.75, 3.05) is 5.32 Å². The van der Waals surface area contributed by atoms with E-state index in [1.54, 1.807) is 18.2 Å². The number of carbonyl (C=O) groups excluding carboxylic acids is 1. The van der Waals surface area contributed by atoms with Gasteiger partial charge in [-0.15, -0.1) is 0 Å². The van der Waals surface area contributed by atoms with Crippen LogP contribution in [0.1, 0.15) is 21.5 Å². The summed E-state index contributed by atoms with van der Waals surface area (Å²) < 4.78 is 1.01. The van der Waals surface area contributed by atoms with Gasteiger partial charge < -0.3 is 5.32 Å². The molecule has 0 radical (unpaired) electrons. The Bertz CT molecular complexity index is 686. The SMILES string of the molecule is Cc1c(Br)ccc(NC(=O)c2ccc(Cl)cc2Cl)c1C. The maximum atomic E-state index is 12.2. The maximum Gasteiger partial charge on any atom is 0.257 e. The third kappa shape index (κ3) is 3.17. The Balaban J connectivity index is 2.30. The van der Waals surface area contributed by atoms with Gasteiger partial charge in [0.05, 0.1) is 10.6 Å². The van der Waals surface area contributed by atoms with Crippen LogP contribution < -0.4 is 5.32 Å². The Morgan fingerprint density at radius 3 is 2.45 bits per heavy atom. The lowest BCUT2D eigenvalue weighted by Gasteiger charge is -2.12. The molecule has 2 nitrogen and oxygen atoms in total. The fraction of sp³-hybridized carbons (Fsp3) is 0.133. The van der Waals surface area contributed by atoms with Crippen LogP contribution in [0, 0.1) is 13.8 Å². The molecular weight excluding hydrogens is 361 g/mol. The zero-order chi connectivity index (χ0) is 14.9. The number of halogens is 3. The average molecular weight is 373 g/mol. The summed E-state index contributed by atoms with van der Waals surface area (Å²) in [4.78, 5) is 12.2. The van der Waals surface area contributed by atoms with E-state index in [1.807, 2.05) is 26.0 Å². The standard InChI is InChI=1S/C15H12BrCl2NO/c1-8-9(2)14(6-5-12(8)16)19-15(20)11-4-3-10(17)7-13(11)18/h3-7H,1-2H3,(H,19,20). The van der Waals surface area contributed by atoms with E-state index in [0.717, 1.165) is 21.3 Å². The van der Waals surface area contributed by atoms with E-state index in [1.165, 1.54) is 0 Å². The Morgan fingerprint density at radius 1 is 1.10 bits per heavy atom. The van der Waals surface area contributed by atoms with Gasteiger partial charge in [0.1, 0.15) is 0 Å². The van der Waals surface area contributed by atoms with Gasteiger partial charge in [-0.2, -0.15) is 0 Å². The number of hydrogen-bond acceptors (Lipinski definition) is 1. The largest absolute Gasteiger partial charge is 0.322 e. The summed E-state index contributed by atoms with van der Waals surface area (Å²) in [5.41, 5.74) is 3.26. The highest BCUT2D eigenvalue weighted by Crippen LogP contribution is 2.27. The highest BCUT2D eigenvalue weighted by Gasteiger charge is 2.13. The van der Waals surface area contributed by atoms with Crippen molar-refractivity contribution >= 4 is 50.7 Å². The Hall–Kier alpha value is -1.03. The normalized spacial score (nSPS) is 10.4. The van der Waals surface area contributed by atoms with E-state index in [-0.39, 0.29) is 5.91 Å². The molecule has 1 N–H and O–H groups in total. The molecule has 0 fully saturated rings. The Labute approximate surface area is 136 Å². The molecule has 0 aliphatic carbocycles. The molecule has 20 heavy (non-hydrogen) atoms. The third-order valence-electron chi connectivity index (χ3n) is 3.15. The Morgan fingerprint density at radius 2 is 1.80 bits per heavy atom. The van der Waals surface area contributed by atoms with Gasteiger partial charge in [0, 0.05) is 15.2 Å². The summed E-state index contributed by atoms with van der Waals surface area (Å²) in [6.45, 7) is 3.95. The fourth-order valence-electron chi connectivity index (χ4n) is 1.79. The zero-order valence-electron chi connectivity index (χ0n) is 10.9. The number of rotatable bonds is 2. The van der Waals surface area contributed by atoms with E-state index in [2.05, 4.69) is 21.2 Å². The molecule has 2 rings (SSSR count). The monoisotopic (exact) mass is 371 g/mol. The molecule has 0 bridgehead atoms. The molecule has 104 valence electrons. The molecule has 0 aromatic heterocycles. The van der Waals surface area contributed by atoms with Crippen molar-refractivity contribution in [2.45, 2.75) is 13.8 Å². The lowest BCUT2D eigenvalue weighted by Crippen LogP contribution is -2.13. The molecule has 2 aromatic rings. The first kappa shape index (κ1) is 15.4. The van der Waals surface area contributed by atoms with Crippen molar-refractivity contribution < 1.29 is 4.79 Å². The molecule has 0 unspecified atom stereocenters. The van der Waals surface area contributed by atoms with Gasteiger partial charge in [-0.3, -0.25) is 4.79 Å². The Kier molecular flexibility index (Phi) is 4.74. The van der Waals surface area contributed by atoms with Gasteiger partial charge in [-0.1, -0.05) is 39.1 Å². The minimum absolute atomic E-state index is 0.253. The summed E-state index contributed by atoms with van der Waals surface area (Å²) >= 11 is 15.3. The number of amides is 1. The molecule has 0 aliphatic heterocycles. The summed E-state index contributed by atoms with van der Waals surface area (Å²) in [5, 5.41) is 3.70. The van der Waals surface area contributed by atoms with Crippen molar-refractivity contribution in [3.05, 3.63) is 61.5 Å². The van der Waals surface area contributed by atoms with Gasteiger partial charge >= 0.3 is 0 Å². The fourth-order valence-corrected chi connectivity index (χ4v) is 2.71. The molecule has 0 spiro atoms. The number of nitrogens with one attached hydrogen (secondary N) is 1. The molecule has 0 atom stereocenters. The van der Waals surface area contributed by atoms with E-state index in [0.29, 0.717) is 15.6 Å². The van der Waals surface area contributed by atoms with Gasteiger partial charge in [0.25, 0.3) is 5.91 Å². The second-order valence-electron chi connectivity index (χ2n) is 4.42. The van der Waals surface area contributed by atoms with E-state index in [9.17, 15) is 4.79 Å². The first-order chi connectivity index (χ1) is 9.40. The van der Waals surface area contributed by atoms with E-state index in [4.69, 9.17) is 23.2 Å². The number of anilines is 1. The second kappa shape index (κ2) is 6.17. The van der Waals surface area contributed by atoms with Crippen LogP contribution in [0.15, 0.2) is 34.8 Å². The number of benzene rings is 2. The highest BCUT2D eigenvalue weighted by atomic mass is 79.9. The van der Waals surface area contributed by atoms with E-state index < -0.39 is 0 Å². The topological polar surface area (TPSA) is 29.1 Å². The summed E-state index contributed by atoms with van der Waals surface area (Å²) in [5.74, 6) is -0.253. The lowest BCUT2D eigenvalue weighted by molar-refractivity contribution is 0.102. The molecule has 5 heteroatoms. The van der Waals surface area contributed by atoms with Crippen LogP contribution in [0.2, 0.25) is 10.0 Å². The van der Waals surface area contributed by atoms with Crippen LogP contribution in [0.3, 0.4) is 0 Å². The minimum Gasteiger partial charge on any atom is -0.322 e. The van der Waals surface area contributed by atoms with Crippen molar-refractivity contribution in [1.29, 1.82) is 0 Å². The van der Waals surface area contributed by atoms with Crippen molar-refractivity contribution in [3.63, 3.8) is 0 Å². The number of carbonyl (C=O) groups is 1. The third-order valence-corrected chi connectivity index (χ3v) is 4.55. The molecule has 0 saturated heterocycles. The summed E-state index contributed by atoms with van der Waals surface area (Å²) in [6, 6.07) is 8.57. The van der Waals surface area contributed by atoms with Crippen molar-refractivity contribution in [2.24, 2.45) is 0 Å². The summed E-state index contributed by atoms with van der Waals surface area (Å²) in [6.07, 6.45) is 0. The minimum atomic E-state index is -0.253. The smallest absolute Gasteiger partial charge is 0.257 e. The highest BCUT2D eigenvalue weighted by molar-refractivity contribution is 9.10.